The maximum atomic E-state index is 12.6. The average molecular weight is 385 g/mol. The van der Waals surface area contributed by atoms with Gasteiger partial charge in [-0.15, -0.1) is 0 Å². The van der Waals surface area contributed by atoms with E-state index in [1.165, 1.54) is 18.2 Å². The first-order chi connectivity index (χ1) is 13.9. The van der Waals surface area contributed by atoms with Crippen LogP contribution in [0.5, 0.6) is 0 Å². The van der Waals surface area contributed by atoms with Gasteiger partial charge in [0.25, 0.3) is 5.91 Å². The molecule has 1 aromatic heterocycles. The molecule has 0 aliphatic heterocycles. The van der Waals surface area contributed by atoms with E-state index in [1.807, 2.05) is 32.0 Å². The zero-order valence-electron chi connectivity index (χ0n) is 16.0. The van der Waals surface area contributed by atoms with Gasteiger partial charge in [-0.3, -0.25) is 4.79 Å². The van der Waals surface area contributed by atoms with Gasteiger partial charge in [0.05, 0.1) is 5.56 Å². The molecule has 3 rings (SSSR count). The number of carbonyl (C=O) groups excluding carboxylic acids is 1. The second-order valence-electron chi connectivity index (χ2n) is 6.53. The number of hydrogen-bond acceptors (Lipinski definition) is 3. The summed E-state index contributed by atoms with van der Waals surface area (Å²) in [6.45, 7) is 3.85. The van der Waals surface area contributed by atoms with Crippen molar-refractivity contribution in [2.24, 2.45) is 0 Å². The van der Waals surface area contributed by atoms with Crippen molar-refractivity contribution in [3.8, 4) is 11.8 Å². The molecule has 6 nitrogen and oxygen atoms in total. The van der Waals surface area contributed by atoms with E-state index in [-0.39, 0.29) is 11.1 Å². The van der Waals surface area contributed by atoms with Gasteiger partial charge >= 0.3 is 5.97 Å². The standard InChI is InChI=1S/C23H19N3O3/c1-15-6-3-10-21(16(15)2)25-22(27)18(14-24)13-20-9-5-11-26(20)19-8-4-7-17(12-19)23(28)29/h3-13H,1-2H3,(H,25,27)(H,28,29)/b18-13-. The third-order valence-electron chi connectivity index (χ3n) is 4.66. The maximum absolute atomic E-state index is 12.6. The van der Waals surface area contributed by atoms with E-state index in [9.17, 15) is 20.0 Å². The van der Waals surface area contributed by atoms with Crippen LogP contribution in [0.4, 0.5) is 5.69 Å². The number of anilines is 1. The molecule has 6 heteroatoms. The summed E-state index contributed by atoms with van der Waals surface area (Å²) in [5.41, 5.74) is 3.93. The molecule has 0 radical (unpaired) electrons. The highest BCUT2D eigenvalue weighted by molar-refractivity contribution is 6.10. The monoisotopic (exact) mass is 385 g/mol. The number of aryl methyl sites for hydroxylation is 1. The first-order valence-electron chi connectivity index (χ1n) is 8.91. The van der Waals surface area contributed by atoms with Gasteiger partial charge < -0.3 is 15.0 Å². The normalized spacial score (nSPS) is 11.0. The first kappa shape index (κ1) is 19.6. The molecule has 0 aliphatic rings. The van der Waals surface area contributed by atoms with Crippen LogP contribution in [-0.2, 0) is 4.79 Å². The number of amides is 1. The van der Waals surface area contributed by atoms with Crippen molar-refractivity contribution >= 4 is 23.6 Å². The lowest BCUT2D eigenvalue weighted by molar-refractivity contribution is -0.112. The zero-order chi connectivity index (χ0) is 21.0. The van der Waals surface area contributed by atoms with Gasteiger partial charge in [-0.25, -0.2) is 4.79 Å². The van der Waals surface area contributed by atoms with Crippen molar-refractivity contribution in [3.63, 3.8) is 0 Å². The Hall–Kier alpha value is -4.11. The van der Waals surface area contributed by atoms with Gasteiger partial charge in [-0.2, -0.15) is 5.26 Å². The van der Waals surface area contributed by atoms with Gasteiger partial charge in [0.1, 0.15) is 11.6 Å². The van der Waals surface area contributed by atoms with Crippen LogP contribution in [0.3, 0.4) is 0 Å². The van der Waals surface area contributed by atoms with Gasteiger partial charge in [-0.1, -0.05) is 18.2 Å². The van der Waals surface area contributed by atoms with Crippen LogP contribution in [0.25, 0.3) is 11.8 Å². The zero-order valence-corrected chi connectivity index (χ0v) is 16.0. The lowest BCUT2D eigenvalue weighted by Gasteiger charge is -2.10. The van der Waals surface area contributed by atoms with Crippen molar-refractivity contribution in [3.05, 3.63) is 88.8 Å². The Kier molecular flexibility index (Phi) is 5.61. The Labute approximate surface area is 168 Å². The molecular weight excluding hydrogens is 366 g/mol. The quantitative estimate of drug-likeness (QED) is 0.504. The minimum atomic E-state index is -1.03. The molecule has 0 spiro atoms. The van der Waals surface area contributed by atoms with Gasteiger partial charge in [0, 0.05) is 23.3 Å². The summed E-state index contributed by atoms with van der Waals surface area (Å²) in [5.74, 6) is -1.53. The molecule has 0 saturated carbocycles. The molecule has 144 valence electrons. The summed E-state index contributed by atoms with van der Waals surface area (Å²) in [6.07, 6.45) is 3.22. The fourth-order valence-corrected chi connectivity index (χ4v) is 2.91. The SMILES string of the molecule is Cc1cccc(NC(=O)/C(C#N)=C\c2cccn2-c2cccc(C(=O)O)c2)c1C. The molecular formula is C23H19N3O3. The van der Waals surface area contributed by atoms with E-state index in [1.54, 1.807) is 41.1 Å². The molecule has 2 aromatic carbocycles. The Morgan fingerprint density at radius 2 is 1.86 bits per heavy atom. The fourth-order valence-electron chi connectivity index (χ4n) is 2.91. The van der Waals surface area contributed by atoms with Gasteiger partial charge in [0.15, 0.2) is 0 Å². The Balaban J connectivity index is 1.93. The number of aromatic carboxylic acids is 1. The molecule has 2 N–H and O–H groups in total. The van der Waals surface area contributed by atoms with Crippen molar-refractivity contribution in [1.29, 1.82) is 5.26 Å². The number of nitrogens with one attached hydrogen (secondary N) is 1. The molecule has 29 heavy (non-hydrogen) atoms. The van der Waals surface area contributed by atoms with Crippen molar-refractivity contribution in [2.45, 2.75) is 13.8 Å². The van der Waals surface area contributed by atoms with Crippen LogP contribution >= 0.6 is 0 Å². The highest BCUT2D eigenvalue weighted by Gasteiger charge is 2.13. The molecule has 0 unspecified atom stereocenters. The number of hydrogen-bond donors (Lipinski definition) is 2. The fraction of sp³-hybridized carbons (Fsp3) is 0.0870. The number of benzene rings is 2. The Morgan fingerprint density at radius 1 is 1.10 bits per heavy atom. The summed E-state index contributed by atoms with van der Waals surface area (Å²) < 4.78 is 1.72. The number of nitrogens with zero attached hydrogens (tertiary/aromatic N) is 2. The van der Waals surface area contributed by atoms with E-state index >= 15 is 0 Å². The summed E-state index contributed by atoms with van der Waals surface area (Å²) >= 11 is 0. The summed E-state index contributed by atoms with van der Waals surface area (Å²) in [5, 5.41) is 21.5. The Bertz CT molecular complexity index is 1170. The minimum Gasteiger partial charge on any atom is -0.478 e. The molecule has 0 atom stereocenters. The number of rotatable bonds is 5. The minimum absolute atomic E-state index is 0.0553. The topological polar surface area (TPSA) is 95.1 Å². The predicted molar refractivity (Wildman–Crippen MR) is 111 cm³/mol. The van der Waals surface area contributed by atoms with Crippen molar-refractivity contribution in [2.75, 3.05) is 5.32 Å². The first-order valence-corrected chi connectivity index (χ1v) is 8.91. The number of carboxylic acid groups (broad SMARTS) is 1. The van der Waals surface area contributed by atoms with Crippen LogP contribution < -0.4 is 5.32 Å². The average Bonchev–Trinajstić information content (AvgIpc) is 3.18. The molecule has 0 aliphatic carbocycles. The number of carboxylic acids is 1. The second kappa shape index (κ2) is 8.28. The third-order valence-corrected chi connectivity index (χ3v) is 4.66. The molecule has 0 fully saturated rings. The van der Waals surface area contributed by atoms with E-state index in [0.29, 0.717) is 17.1 Å². The van der Waals surface area contributed by atoms with E-state index < -0.39 is 11.9 Å². The highest BCUT2D eigenvalue weighted by Crippen LogP contribution is 2.20. The van der Waals surface area contributed by atoms with Crippen molar-refractivity contribution < 1.29 is 14.7 Å². The maximum Gasteiger partial charge on any atom is 0.335 e. The Morgan fingerprint density at radius 3 is 2.59 bits per heavy atom. The number of nitriles is 1. The van der Waals surface area contributed by atoms with Gasteiger partial charge in [-0.05, 0) is 67.4 Å². The summed E-state index contributed by atoms with van der Waals surface area (Å²) in [7, 11) is 0. The lowest BCUT2D eigenvalue weighted by Crippen LogP contribution is -2.14. The molecule has 0 saturated heterocycles. The van der Waals surface area contributed by atoms with E-state index in [2.05, 4.69) is 5.32 Å². The van der Waals surface area contributed by atoms with E-state index in [0.717, 1.165) is 11.1 Å². The second-order valence-corrected chi connectivity index (χ2v) is 6.53. The van der Waals surface area contributed by atoms with Crippen LogP contribution in [-0.4, -0.2) is 21.6 Å². The smallest absolute Gasteiger partial charge is 0.335 e. The molecule has 0 bridgehead atoms. The number of aromatic nitrogens is 1. The third kappa shape index (κ3) is 4.25. The van der Waals surface area contributed by atoms with Crippen LogP contribution in [0.1, 0.15) is 27.2 Å². The lowest BCUT2D eigenvalue weighted by atomic mass is 10.1. The van der Waals surface area contributed by atoms with Crippen LogP contribution in [0.2, 0.25) is 0 Å². The molecule has 3 aromatic rings. The molecule has 1 amide bonds. The molecule has 1 heterocycles. The van der Waals surface area contributed by atoms with E-state index in [4.69, 9.17) is 0 Å². The predicted octanol–water partition coefficient (Wildman–Crippen LogP) is 4.34. The summed E-state index contributed by atoms with van der Waals surface area (Å²) in [6, 6.07) is 17.5. The van der Waals surface area contributed by atoms with Crippen LogP contribution in [0, 0.1) is 25.2 Å². The van der Waals surface area contributed by atoms with Crippen LogP contribution in [0.15, 0.2) is 66.4 Å². The van der Waals surface area contributed by atoms with Crippen molar-refractivity contribution in [1.82, 2.24) is 4.57 Å². The number of carbonyl (C=O) groups is 2. The summed E-state index contributed by atoms with van der Waals surface area (Å²) in [4.78, 5) is 23.9. The highest BCUT2D eigenvalue weighted by atomic mass is 16.4. The largest absolute Gasteiger partial charge is 0.478 e. The van der Waals surface area contributed by atoms with Gasteiger partial charge in [0.2, 0.25) is 0 Å².